The minimum atomic E-state index is -0.472. The zero-order valence-electron chi connectivity index (χ0n) is 9.87. The summed E-state index contributed by atoms with van der Waals surface area (Å²) in [7, 11) is 0. The van der Waals surface area contributed by atoms with Gasteiger partial charge in [0.1, 0.15) is 5.69 Å². The number of fused-ring (bicyclic) bond motifs is 1. The topological polar surface area (TPSA) is 83.8 Å². The first kappa shape index (κ1) is 11.4. The SMILES string of the molecule is O=Cc1cnc2c(N3CCC(=O)NC3=O)cccn12. The molecule has 7 nitrogen and oxygen atoms in total. The van der Waals surface area contributed by atoms with Crippen molar-refractivity contribution in [2.75, 3.05) is 11.4 Å². The van der Waals surface area contributed by atoms with Crippen molar-refractivity contribution in [2.45, 2.75) is 6.42 Å². The Labute approximate surface area is 107 Å². The molecule has 1 N–H and O–H groups in total. The van der Waals surface area contributed by atoms with Crippen molar-refractivity contribution in [3.05, 3.63) is 30.2 Å². The number of anilines is 1. The molecule has 0 saturated carbocycles. The number of imide groups is 1. The van der Waals surface area contributed by atoms with Gasteiger partial charge in [-0.2, -0.15) is 0 Å². The molecule has 0 radical (unpaired) electrons. The highest BCUT2D eigenvalue weighted by Gasteiger charge is 2.26. The quantitative estimate of drug-likeness (QED) is 0.799. The van der Waals surface area contributed by atoms with Gasteiger partial charge in [0.05, 0.1) is 11.9 Å². The van der Waals surface area contributed by atoms with Crippen molar-refractivity contribution in [3.63, 3.8) is 0 Å². The van der Waals surface area contributed by atoms with Gasteiger partial charge in [-0.1, -0.05) is 0 Å². The predicted octanol–water partition coefficient (Wildman–Crippen LogP) is 0.593. The second-order valence-corrected chi connectivity index (χ2v) is 4.14. The van der Waals surface area contributed by atoms with Gasteiger partial charge in [-0.05, 0) is 12.1 Å². The fraction of sp³-hybridized carbons (Fsp3) is 0.167. The van der Waals surface area contributed by atoms with Gasteiger partial charge in [0.2, 0.25) is 5.91 Å². The summed E-state index contributed by atoms with van der Waals surface area (Å²) in [6.07, 6.45) is 4.08. The second kappa shape index (κ2) is 4.20. The van der Waals surface area contributed by atoms with Crippen LogP contribution >= 0.6 is 0 Å². The summed E-state index contributed by atoms with van der Waals surface area (Å²) in [6.45, 7) is 0.299. The highest BCUT2D eigenvalue weighted by Crippen LogP contribution is 2.22. The lowest BCUT2D eigenvalue weighted by Crippen LogP contribution is -2.49. The number of aromatic nitrogens is 2. The Morgan fingerprint density at radius 1 is 1.37 bits per heavy atom. The number of pyridine rings is 1. The van der Waals surface area contributed by atoms with Crippen LogP contribution in [0.3, 0.4) is 0 Å². The van der Waals surface area contributed by atoms with E-state index in [0.717, 1.165) is 0 Å². The van der Waals surface area contributed by atoms with Crippen LogP contribution in [0, 0.1) is 0 Å². The predicted molar refractivity (Wildman–Crippen MR) is 66.1 cm³/mol. The molecule has 0 atom stereocenters. The molecule has 1 saturated heterocycles. The maximum Gasteiger partial charge on any atom is 0.328 e. The summed E-state index contributed by atoms with van der Waals surface area (Å²) in [5, 5.41) is 2.25. The van der Waals surface area contributed by atoms with Crippen LogP contribution in [-0.2, 0) is 4.79 Å². The highest BCUT2D eigenvalue weighted by atomic mass is 16.2. The lowest BCUT2D eigenvalue weighted by molar-refractivity contribution is -0.120. The van der Waals surface area contributed by atoms with Crippen molar-refractivity contribution in [1.29, 1.82) is 0 Å². The fourth-order valence-corrected chi connectivity index (χ4v) is 2.11. The number of nitrogens with zero attached hydrogens (tertiary/aromatic N) is 3. The van der Waals surface area contributed by atoms with Gasteiger partial charge in [-0.15, -0.1) is 0 Å². The number of rotatable bonds is 2. The van der Waals surface area contributed by atoms with Crippen molar-refractivity contribution in [1.82, 2.24) is 14.7 Å². The third-order valence-corrected chi connectivity index (χ3v) is 3.01. The lowest BCUT2D eigenvalue weighted by atomic mass is 10.2. The van der Waals surface area contributed by atoms with Crippen molar-refractivity contribution < 1.29 is 14.4 Å². The van der Waals surface area contributed by atoms with Crippen LogP contribution in [0.2, 0.25) is 0 Å². The Hall–Kier alpha value is -2.70. The summed E-state index contributed by atoms with van der Waals surface area (Å²) in [6, 6.07) is 2.98. The summed E-state index contributed by atoms with van der Waals surface area (Å²) in [4.78, 5) is 39.4. The van der Waals surface area contributed by atoms with Crippen LogP contribution in [0.5, 0.6) is 0 Å². The van der Waals surface area contributed by atoms with Crippen LogP contribution in [0.15, 0.2) is 24.5 Å². The molecule has 0 aromatic carbocycles. The molecule has 1 aliphatic heterocycles. The van der Waals surface area contributed by atoms with E-state index in [4.69, 9.17) is 0 Å². The van der Waals surface area contributed by atoms with Gasteiger partial charge < -0.3 is 0 Å². The first-order valence-corrected chi connectivity index (χ1v) is 5.73. The Kier molecular flexibility index (Phi) is 2.52. The molecule has 19 heavy (non-hydrogen) atoms. The Bertz CT molecular complexity index is 691. The van der Waals surface area contributed by atoms with E-state index in [9.17, 15) is 14.4 Å². The molecule has 3 heterocycles. The van der Waals surface area contributed by atoms with E-state index >= 15 is 0 Å². The Morgan fingerprint density at radius 2 is 2.21 bits per heavy atom. The maximum atomic E-state index is 11.8. The lowest BCUT2D eigenvalue weighted by Gasteiger charge is -2.26. The monoisotopic (exact) mass is 258 g/mol. The van der Waals surface area contributed by atoms with Gasteiger partial charge in [-0.3, -0.25) is 24.2 Å². The van der Waals surface area contributed by atoms with E-state index in [1.165, 1.54) is 11.1 Å². The van der Waals surface area contributed by atoms with Gasteiger partial charge in [-0.25, -0.2) is 9.78 Å². The third kappa shape index (κ3) is 1.75. The Morgan fingerprint density at radius 3 is 2.95 bits per heavy atom. The Balaban J connectivity index is 2.10. The second-order valence-electron chi connectivity index (χ2n) is 4.14. The number of amides is 3. The molecule has 3 rings (SSSR count). The average Bonchev–Trinajstić information content (AvgIpc) is 2.82. The number of carbonyl (C=O) groups is 3. The average molecular weight is 258 g/mol. The van der Waals surface area contributed by atoms with Crippen molar-refractivity contribution in [2.24, 2.45) is 0 Å². The van der Waals surface area contributed by atoms with Crippen molar-refractivity contribution >= 4 is 29.6 Å². The number of hydrogen-bond donors (Lipinski definition) is 1. The molecule has 1 aliphatic rings. The van der Waals surface area contributed by atoms with E-state index in [1.807, 2.05) is 0 Å². The highest BCUT2D eigenvalue weighted by molar-refractivity contribution is 6.07. The van der Waals surface area contributed by atoms with E-state index < -0.39 is 6.03 Å². The van der Waals surface area contributed by atoms with Crippen LogP contribution in [-0.4, -0.2) is 34.2 Å². The molecule has 0 aliphatic carbocycles. The van der Waals surface area contributed by atoms with Gasteiger partial charge in [0, 0.05) is 19.2 Å². The first-order chi connectivity index (χ1) is 9.20. The van der Waals surface area contributed by atoms with Crippen LogP contribution in [0.25, 0.3) is 5.65 Å². The van der Waals surface area contributed by atoms with Gasteiger partial charge in [0.25, 0.3) is 0 Å². The minimum Gasteiger partial charge on any atom is -0.296 e. The molecular weight excluding hydrogens is 248 g/mol. The van der Waals surface area contributed by atoms with Gasteiger partial charge >= 0.3 is 6.03 Å². The van der Waals surface area contributed by atoms with Crippen LogP contribution in [0.1, 0.15) is 16.9 Å². The normalized spacial score (nSPS) is 15.7. The van der Waals surface area contributed by atoms with E-state index in [1.54, 1.807) is 22.7 Å². The summed E-state index contributed by atoms with van der Waals surface area (Å²) >= 11 is 0. The molecule has 2 aromatic rings. The van der Waals surface area contributed by atoms with Crippen LogP contribution < -0.4 is 10.2 Å². The largest absolute Gasteiger partial charge is 0.328 e. The standard InChI is InChI=1S/C12H10N4O3/c17-7-8-6-13-11-9(2-1-4-15(8)11)16-5-3-10(18)14-12(16)19/h1-2,4,6-7H,3,5H2,(H,14,18,19). The molecule has 7 heteroatoms. The van der Waals surface area contributed by atoms with E-state index in [0.29, 0.717) is 29.9 Å². The smallest absolute Gasteiger partial charge is 0.296 e. The molecule has 2 aromatic heterocycles. The molecule has 3 amide bonds. The molecule has 96 valence electrons. The van der Waals surface area contributed by atoms with Gasteiger partial charge in [0.15, 0.2) is 11.9 Å². The molecule has 0 spiro atoms. The minimum absolute atomic E-state index is 0.244. The molecule has 0 bridgehead atoms. The number of imidazole rings is 1. The number of urea groups is 1. The summed E-state index contributed by atoms with van der Waals surface area (Å²) in [5.41, 5.74) is 1.49. The number of aldehydes is 1. The first-order valence-electron chi connectivity index (χ1n) is 5.73. The molecule has 0 unspecified atom stereocenters. The maximum absolute atomic E-state index is 11.8. The zero-order chi connectivity index (χ0) is 13.4. The summed E-state index contributed by atoms with van der Waals surface area (Å²) < 4.78 is 1.60. The van der Waals surface area contributed by atoms with Crippen molar-refractivity contribution in [3.8, 4) is 0 Å². The number of hydrogen-bond acceptors (Lipinski definition) is 4. The number of carbonyl (C=O) groups excluding carboxylic acids is 3. The third-order valence-electron chi connectivity index (χ3n) is 3.01. The fourth-order valence-electron chi connectivity index (χ4n) is 2.11. The molecule has 1 fully saturated rings. The van der Waals surface area contributed by atoms with E-state index in [-0.39, 0.29) is 12.3 Å². The molecular formula is C12H10N4O3. The zero-order valence-corrected chi connectivity index (χ0v) is 9.87. The summed E-state index contributed by atoms with van der Waals surface area (Å²) in [5.74, 6) is -0.287. The van der Waals surface area contributed by atoms with E-state index in [2.05, 4.69) is 10.3 Å². The van der Waals surface area contributed by atoms with Crippen LogP contribution in [0.4, 0.5) is 10.5 Å². The number of nitrogens with one attached hydrogen (secondary N) is 1.